The molecular formula is C12H15ClOS. The van der Waals surface area contributed by atoms with Crippen LogP contribution in [0.5, 0.6) is 0 Å². The second-order valence-corrected chi connectivity index (χ2v) is 5.06. The number of rotatable bonds is 2. The van der Waals surface area contributed by atoms with Gasteiger partial charge in [0.15, 0.2) is 0 Å². The number of benzene rings is 1. The van der Waals surface area contributed by atoms with Crippen LogP contribution in [-0.2, 0) is 11.2 Å². The van der Waals surface area contributed by atoms with E-state index in [1.807, 2.05) is 18.2 Å². The van der Waals surface area contributed by atoms with Crippen LogP contribution in [0.25, 0.3) is 0 Å². The molecule has 1 fully saturated rings. The summed E-state index contributed by atoms with van der Waals surface area (Å²) in [7, 11) is 0. The van der Waals surface area contributed by atoms with Crippen LogP contribution in [0.1, 0.15) is 12.0 Å². The second-order valence-electron chi connectivity index (χ2n) is 3.99. The smallest absolute Gasteiger partial charge is 0.0507 e. The molecule has 1 saturated heterocycles. The minimum Gasteiger partial charge on any atom is -0.381 e. The molecule has 1 aromatic rings. The molecule has 0 saturated carbocycles. The molecule has 15 heavy (non-hydrogen) atoms. The molecule has 1 aromatic carbocycles. The van der Waals surface area contributed by atoms with Crippen LogP contribution in [0.15, 0.2) is 24.3 Å². The van der Waals surface area contributed by atoms with Crippen LogP contribution >= 0.6 is 24.2 Å². The Balaban J connectivity index is 2.04. The van der Waals surface area contributed by atoms with Crippen molar-refractivity contribution in [3.63, 3.8) is 0 Å². The minimum absolute atomic E-state index is 0.440. The first kappa shape index (κ1) is 11.3. The van der Waals surface area contributed by atoms with Crippen LogP contribution in [0.3, 0.4) is 0 Å². The second kappa shape index (κ2) is 5.24. The van der Waals surface area contributed by atoms with Gasteiger partial charge in [-0.15, -0.1) is 0 Å². The fraction of sp³-hybridized carbons (Fsp3) is 0.500. The van der Waals surface area contributed by atoms with Gasteiger partial charge >= 0.3 is 0 Å². The molecule has 0 amide bonds. The van der Waals surface area contributed by atoms with Gasteiger partial charge in [-0.25, -0.2) is 0 Å². The third-order valence-corrected chi connectivity index (χ3v) is 3.92. The average molecular weight is 243 g/mol. The Morgan fingerprint density at radius 2 is 2.20 bits per heavy atom. The van der Waals surface area contributed by atoms with Crippen molar-refractivity contribution in [2.75, 3.05) is 13.2 Å². The van der Waals surface area contributed by atoms with E-state index < -0.39 is 0 Å². The van der Waals surface area contributed by atoms with Gasteiger partial charge in [-0.2, -0.15) is 12.6 Å². The first-order chi connectivity index (χ1) is 7.27. The standard InChI is InChI=1S/C12H15ClOS/c13-11-4-2-1-3-9(11)7-10-8-14-6-5-12(10)15/h1-4,10,12,15H,5-8H2/t10-,12+/m1/s1. The van der Waals surface area contributed by atoms with Crippen molar-refractivity contribution in [3.8, 4) is 0 Å². The number of hydrogen-bond acceptors (Lipinski definition) is 2. The van der Waals surface area contributed by atoms with Gasteiger partial charge in [0, 0.05) is 16.9 Å². The molecule has 2 rings (SSSR count). The monoisotopic (exact) mass is 242 g/mol. The molecule has 0 unspecified atom stereocenters. The Morgan fingerprint density at radius 3 is 2.93 bits per heavy atom. The zero-order valence-corrected chi connectivity index (χ0v) is 10.2. The summed E-state index contributed by atoms with van der Waals surface area (Å²) in [5.41, 5.74) is 1.20. The summed E-state index contributed by atoms with van der Waals surface area (Å²) >= 11 is 10.7. The third kappa shape index (κ3) is 2.90. The molecule has 2 atom stereocenters. The number of halogens is 1. The van der Waals surface area contributed by atoms with Gasteiger partial charge in [0.05, 0.1) is 6.61 Å². The Morgan fingerprint density at radius 1 is 1.40 bits per heavy atom. The zero-order chi connectivity index (χ0) is 10.7. The normalized spacial score (nSPS) is 26.5. The predicted molar refractivity (Wildman–Crippen MR) is 66.9 cm³/mol. The number of thiol groups is 1. The maximum Gasteiger partial charge on any atom is 0.0507 e. The van der Waals surface area contributed by atoms with E-state index in [9.17, 15) is 0 Å². The lowest BCUT2D eigenvalue weighted by Gasteiger charge is -2.28. The van der Waals surface area contributed by atoms with Crippen molar-refractivity contribution in [3.05, 3.63) is 34.9 Å². The van der Waals surface area contributed by atoms with E-state index in [2.05, 4.69) is 18.7 Å². The molecule has 0 N–H and O–H groups in total. The molecular weight excluding hydrogens is 228 g/mol. The van der Waals surface area contributed by atoms with Crippen molar-refractivity contribution in [2.24, 2.45) is 5.92 Å². The van der Waals surface area contributed by atoms with Crippen molar-refractivity contribution >= 4 is 24.2 Å². The lowest BCUT2D eigenvalue weighted by atomic mass is 9.93. The summed E-state index contributed by atoms with van der Waals surface area (Å²) < 4.78 is 5.47. The van der Waals surface area contributed by atoms with Crippen LogP contribution in [-0.4, -0.2) is 18.5 Å². The molecule has 0 aliphatic carbocycles. The van der Waals surface area contributed by atoms with Gasteiger partial charge in [0.25, 0.3) is 0 Å². The molecule has 0 radical (unpaired) electrons. The first-order valence-corrected chi connectivity index (χ1v) is 6.16. The molecule has 0 spiro atoms. The summed E-state index contributed by atoms with van der Waals surface area (Å²) in [6, 6.07) is 8.01. The topological polar surface area (TPSA) is 9.23 Å². The van der Waals surface area contributed by atoms with Crippen LogP contribution < -0.4 is 0 Å². The summed E-state index contributed by atoms with van der Waals surface area (Å²) in [6.07, 6.45) is 2.01. The lowest BCUT2D eigenvalue weighted by Crippen LogP contribution is -2.29. The predicted octanol–water partition coefficient (Wildman–Crippen LogP) is 3.22. The van der Waals surface area contributed by atoms with E-state index in [4.69, 9.17) is 16.3 Å². The molecule has 0 bridgehead atoms. The molecule has 1 aliphatic heterocycles. The molecule has 0 aromatic heterocycles. The summed E-state index contributed by atoms with van der Waals surface area (Å²) in [5.74, 6) is 0.488. The Labute approximate surface area is 101 Å². The van der Waals surface area contributed by atoms with Gasteiger partial charge in [-0.05, 0) is 30.4 Å². The fourth-order valence-electron chi connectivity index (χ4n) is 1.93. The maximum absolute atomic E-state index is 6.13. The Bertz CT molecular complexity index is 329. The third-order valence-electron chi connectivity index (χ3n) is 2.87. The van der Waals surface area contributed by atoms with Crippen LogP contribution in [0.4, 0.5) is 0 Å². The largest absolute Gasteiger partial charge is 0.381 e. The molecule has 3 heteroatoms. The van der Waals surface area contributed by atoms with Crippen LogP contribution in [0.2, 0.25) is 5.02 Å². The van der Waals surface area contributed by atoms with Gasteiger partial charge in [-0.3, -0.25) is 0 Å². The highest BCUT2D eigenvalue weighted by molar-refractivity contribution is 7.81. The van der Waals surface area contributed by atoms with Gasteiger partial charge in [-0.1, -0.05) is 29.8 Å². The Hall–Kier alpha value is -0.180. The van der Waals surface area contributed by atoms with Crippen molar-refractivity contribution in [2.45, 2.75) is 18.1 Å². The van der Waals surface area contributed by atoms with E-state index in [0.717, 1.165) is 31.1 Å². The minimum atomic E-state index is 0.440. The first-order valence-electron chi connectivity index (χ1n) is 5.26. The quantitative estimate of drug-likeness (QED) is 0.784. The van der Waals surface area contributed by atoms with Crippen LogP contribution in [0, 0.1) is 5.92 Å². The molecule has 1 nitrogen and oxygen atoms in total. The highest BCUT2D eigenvalue weighted by Gasteiger charge is 2.23. The lowest BCUT2D eigenvalue weighted by molar-refractivity contribution is 0.0596. The Kier molecular flexibility index (Phi) is 3.95. The molecule has 82 valence electrons. The van der Waals surface area contributed by atoms with E-state index >= 15 is 0 Å². The van der Waals surface area contributed by atoms with Gasteiger partial charge in [0.1, 0.15) is 0 Å². The van der Waals surface area contributed by atoms with Gasteiger partial charge < -0.3 is 4.74 Å². The summed E-state index contributed by atoms with van der Waals surface area (Å²) in [5, 5.41) is 1.29. The highest BCUT2D eigenvalue weighted by atomic mass is 35.5. The van der Waals surface area contributed by atoms with Crippen molar-refractivity contribution in [1.82, 2.24) is 0 Å². The highest BCUT2D eigenvalue weighted by Crippen LogP contribution is 2.26. The van der Waals surface area contributed by atoms with E-state index in [1.54, 1.807) is 0 Å². The SMILES string of the molecule is S[C@H]1CCOC[C@H]1Cc1ccccc1Cl. The van der Waals surface area contributed by atoms with E-state index in [1.165, 1.54) is 5.56 Å². The molecule has 1 heterocycles. The maximum atomic E-state index is 6.13. The molecule has 1 aliphatic rings. The van der Waals surface area contributed by atoms with E-state index in [0.29, 0.717) is 11.2 Å². The van der Waals surface area contributed by atoms with Gasteiger partial charge in [0.2, 0.25) is 0 Å². The van der Waals surface area contributed by atoms with Crippen molar-refractivity contribution < 1.29 is 4.74 Å². The fourth-order valence-corrected chi connectivity index (χ4v) is 2.44. The number of hydrogen-bond donors (Lipinski definition) is 1. The van der Waals surface area contributed by atoms with Crippen molar-refractivity contribution in [1.29, 1.82) is 0 Å². The van der Waals surface area contributed by atoms with E-state index in [-0.39, 0.29) is 0 Å². The number of ether oxygens (including phenoxy) is 1. The zero-order valence-electron chi connectivity index (χ0n) is 8.53. The summed E-state index contributed by atoms with van der Waals surface area (Å²) in [6.45, 7) is 1.65. The average Bonchev–Trinajstić information content (AvgIpc) is 2.24. The summed E-state index contributed by atoms with van der Waals surface area (Å²) in [4.78, 5) is 0.